The summed E-state index contributed by atoms with van der Waals surface area (Å²) in [5.74, 6) is 3.66. The molecule has 0 N–H and O–H groups in total. The molecule has 1 fully saturated rings. The molecule has 0 radical (unpaired) electrons. The van der Waals surface area contributed by atoms with E-state index in [9.17, 15) is 0 Å². The van der Waals surface area contributed by atoms with Gasteiger partial charge in [0.2, 0.25) is 0 Å². The van der Waals surface area contributed by atoms with E-state index in [4.69, 9.17) is 4.74 Å². The van der Waals surface area contributed by atoms with E-state index in [0.717, 1.165) is 30.2 Å². The Kier molecular flexibility index (Phi) is 4.42. The van der Waals surface area contributed by atoms with Crippen molar-refractivity contribution in [2.24, 2.45) is 11.8 Å². The summed E-state index contributed by atoms with van der Waals surface area (Å²) < 4.78 is 6.40. The molecule has 3 rings (SSSR count). The van der Waals surface area contributed by atoms with Crippen molar-refractivity contribution in [3.63, 3.8) is 0 Å². The Labute approximate surface area is 136 Å². The van der Waals surface area contributed by atoms with Gasteiger partial charge in [-0.2, -0.15) is 0 Å². The Hall–Kier alpha value is -0.755. The summed E-state index contributed by atoms with van der Waals surface area (Å²) in [4.78, 5) is 0. The molecule has 0 spiro atoms. The van der Waals surface area contributed by atoms with Crippen LogP contribution in [0, 0.1) is 11.8 Å². The van der Waals surface area contributed by atoms with Gasteiger partial charge in [0.15, 0.2) is 6.71 Å². The number of rotatable bonds is 5. The molecule has 2 aliphatic heterocycles. The highest BCUT2D eigenvalue weighted by Crippen LogP contribution is 2.60. The summed E-state index contributed by atoms with van der Waals surface area (Å²) in [6.45, 7) is 15.2. The standard InChI is InChI=1S/C20H31BO/c1-12(2)14(5)21(15(6)13(3)4)18-11-19-16-9-7-8-10-17(16)20(18)22-19/h7-10,12-15,18-20H,11H2,1-6H3/t14?,15?,18-,19+,20+/m1/s1. The molecule has 2 bridgehead atoms. The third kappa shape index (κ3) is 2.54. The molecule has 1 saturated heterocycles. The lowest BCUT2D eigenvalue weighted by molar-refractivity contribution is 0.0711. The maximum absolute atomic E-state index is 6.40. The van der Waals surface area contributed by atoms with E-state index in [1.807, 2.05) is 0 Å². The van der Waals surface area contributed by atoms with Crippen LogP contribution in [0.3, 0.4) is 0 Å². The van der Waals surface area contributed by atoms with Gasteiger partial charge in [0.25, 0.3) is 0 Å². The lowest BCUT2D eigenvalue weighted by Gasteiger charge is -2.38. The zero-order valence-electron chi connectivity index (χ0n) is 15.0. The predicted octanol–water partition coefficient (Wildman–Crippen LogP) is 6.16. The second-order valence-corrected chi connectivity index (χ2v) is 8.36. The second-order valence-electron chi connectivity index (χ2n) is 8.36. The Balaban J connectivity index is 1.91. The van der Waals surface area contributed by atoms with Crippen LogP contribution in [0.15, 0.2) is 24.3 Å². The van der Waals surface area contributed by atoms with Gasteiger partial charge in [0.05, 0.1) is 12.2 Å². The van der Waals surface area contributed by atoms with Crippen LogP contribution in [0.5, 0.6) is 0 Å². The first-order chi connectivity index (χ1) is 10.4. The molecule has 0 amide bonds. The van der Waals surface area contributed by atoms with Crippen LogP contribution in [0.4, 0.5) is 0 Å². The fourth-order valence-electron chi connectivity index (χ4n) is 4.78. The second kappa shape index (κ2) is 6.04. The summed E-state index contributed by atoms with van der Waals surface area (Å²) in [6.07, 6.45) is 1.92. The van der Waals surface area contributed by atoms with Crippen LogP contribution in [-0.4, -0.2) is 6.71 Å². The van der Waals surface area contributed by atoms with Gasteiger partial charge in [-0.15, -0.1) is 0 Å². The number of hydrogen-bond acceptors (Lipinski definition) is 1. The Morgan fingerprint density at radius 1 is 0.909 bits per heavy atom. The SMILES string of the molecule is CC(C)C(C)B(C(C)C(C)C)[C@@H]1C[C@@H]2O[C@H]1c1ccccc12. The fraction of sp³-hybridized carbons (Fsp3) is 0.700. The van der Waals surface area contributed by atoms with Crippen molar-refractivity contribution >= 4 is 6.71 Å². The van der Waals surface area contributed by atoms with E-state index in [-0.39, 0.29) is 0 Å². The molecule has 120 valence electrons. The molecule has 22 heavy (non-hydrogen) atoms. The lowest BCUT2D eigenvalue weighted by Crippen LogP contribution is -2.36. The molecule has 1 aromatic carbocycles. The Morgan fingerprint density at radius 2 is 1.45 bits per heavy atom. The lowest BCUT2D eigenvalue weighted by atomic mass is 9.24. The molecule has 0 aromatic heterocycles. The van der Waals surface area contributed by atoms with Crippen molar-refractivity contribution in [2.45, 2.75) is 77.6 Å². The van der Waals surface area contributed by atoms with E-state index in [2.05, 4.69) is 65.8 Å². The minimum absolute atomic E-state index is 0.341. The number of hydrogen-bond donors (Lipinski definition) is 0. The van der Waals surface area contributed by atoms with Crippen LogP contribution in [0.1, 0.15) is 71.3 Å². The van der Waals surface area contributed by atoms with Crippen molar-refractivity contribution in [3.05, 3.63) is 35.4 Å². The molecular weight excluding hydrogens is 267 g/mol. The number of benzene rings is 1. The van der Waals surface area contributed by atoms with Crippen molar-refractivity contribution in [1.29, 1.82) is 0 Å². The summed E-state index contributed by atoms with van der Waals surface area (Å²) in [5, 5.41) is 0. The van der Waals surface area contributed by atoms with Gasteiger partial charge in [0, 0.05) is 0 Å². The highest BCUT2D eigenvalue weighted by atomic mass is 16.5. The fourth-order valence-corrected chi connectivity index (χ4v) is 4.78. The maximum Gasteiger partial charge on any atom is 0.153 e. The van der Waals surface area contributed by atoms with Crippen LogP contribution in [0.2, 0.25) is 17.5 Å². The third-order valence-corrected chi connectivity index (χ3v) is 6.65. The maximum atomic E-state index is 6.40. The molecule has 2 heterocycles. The van der Waals surface area contributed by atoms with Crippen molar-refractivity contribution in [2.75, 3.05) is 0 Å². The van der Waals surface area contributed by atoms with Crippen LogP contribution in [-0.2, 0) is 4.74 Å². The monoisotopic (exact) mass is 298 g/mol. The zero-order valence-corrected chi connectivity index (χ0v) is 15.0. The van der Waals surface area contributed by atoms with Crippen molar-refractivity contribution in [3.8, 4) is 0 Å². The molecular formula is C20H31BO. The van der Waals surface area contributed by atoms with E-state index in [1.54, 1.807) is 0 Å². The molecule has 5 atom stereocenters. The highest BCUT2D eigenvalue weighted by molar-refractivity contribution is 6.64. The third-order valence-electron chi connectivity index (χ3n) is 6.65. The Morgan fingerprint density at radius 3 is 2.00 bits per heavy atom. The van der Waals surface area contributed by atoms with Gasteiger partial charge in [-0.3, -0.25) is 0 Å². The van der Waals surface area contributed by atoms with Gasteiger partial charge >= 0.3 is 0 Å². The first-order valence-corrected chi connectivity index (χ1v) is 9.16. The molecule has 2 aliphatic rings. The topological polar surface area (TPSA) is 9.23 Å². The summed E-state index contributed by atoms with van der Waals surface area (Å²) >= 11 is 0. The quantitative estimate of drug-likeness (QED) is 0.591. The smallest absolute Gasteiger partial charge is 0.153 e. The van der Waals surface area contributed by atoms with Crippen molar-refractivity contribution < 1.29 is 4.74 Å². The Bertz CT molecular complexity index is 510. The molecule has 1 aromatic rings. The van der Waals surface area contributed by atoms with E-state index in [0.29, 0.717) is 18.0 Å². The van der Waals surface area contributed by atoms with Gasteiger partial charge in [-0.1, -0.05) is 89.3 Å². The summed E-state index contributed by atoms with van der Waals surface area (Å²) in [6, 6.07) is 8.89. The minimum Gasteiger partial charge on any atom is -0.366 e. The molecule has 0 saturated carbocycles. The molecule has 2 unspecified atom stereocenters. The van der Waals surface area contributed by atoms with Gasteiger partial charge in [0.1, 0.15) is 0 Å². The first-order valence-electron chi connectivity index (χ1n) is 9.16. The number of fused-ring (bicyclic) bond motifs is 5. The van der Waals surface area contributed by atoms with E-state index >= 15 is 0 Å². The number of ether oxygens (including phenoxy) is 1. The highest BCUT2D eigenvalue weighted by Gasteiger charge is 2.51. The van der Waals surface area contributed by atoms with E-state index < -0.39 is 0 Å². The van der Waals surface area contributed by atoms with Gasteiger partial charge < -0.3 is 4.74 Å². The summed E-state index contributed by atoms with van der Waals surface area (Å²) in [7, 11) is 0. The van der Waals surface area contributed by atoms with E-state index in [1.165, 1.54) is 17.5 Å². The minimum atomic E-state index is 0.341. The average molecular weight is 298 g/mol. The van der Waals surface area contributed by atoms with Crippen molar-refractivity contribution in [1.82, 2.24) is 0 Å². The van der Waals surface area contributed by atoms with Gasteiger partial charge in [-0.25, -0.2) is 0 Å². The van der Waals surface area contributed by atoms with Gasteiger partial charge in [-0.05, 0) is 23.4 Å². The average Bonchev–Trinajstić information content (AvgIpc) is 3.06. The van der Waals surface area contributed by atoms with Crippen LogP contribution < -0.4 is 0 Å². The summed E-state index contributed by atoms with van der Waals surface area (Å²) in [5.41, 5.74) is 2.93. The van der Waals surface area contributed by atoms with Crippen LogP contribution in [0.25, 0.3) is 0 Å². The predicted molar refractivity (Wildman–Crippen MR) is 95.7 cm³/mol. The largest absolute Gasteiger partial charge is 0.366 e. The first kappa shape index (κ1) is 16.1. The zero-order chi connectivity index (χ0) is 16.0. The molecule has 2 heteroatoms. The molecule has 0 aliphatic carbocycles. The van der Waals surface area contributed by atoms with Crippen LogP contribution >= 0.6 is 0 Å². The normalized spacial score (nSPS) is 29.0. The molecule has 1 nitrogen and oxygen atoms in total.